The van der Waals surface area contributed by atoms with E-state index < -0.39 is 0 Å². The minimum Gasteiger partial charge on any atom is -0.323 e. The molecular weight excluding hydrogens is 352 g/mol. The van der Waals surface area contributed by atoms with Gasteiger partial charge in [0.1, 0.15) is 0 Å². The molecule has 0 aromatic carbocycles. The molecule has 26 heavy (non-hydrogen) atoms. The SMILES string of the molecule is O=c1c2[nH]c(Cl)nc2n(CC2CCCCC2)c(=O)n1CC1CCCCC1. The van der Waals surface area contributed by atoms with E-state index in [-0.39, 0.29) is 16.5 Å². The van der Waals surface area contributed by atoms with Crippen molar-refractivity contribution in [2.24, 2.45) is 11.8 Å². The number of aromatic nitrogens is 4. The Hall–Kier alpha value is -1.56. The minimum absolute atomic E-state index is 0.171. The predicted octanol–water partition coefficient (Wildman–Crippen LogP) is 3.70. The molecule has 0 unspecified atom stereocenters. The van der Waals surface area contributed by atoms with Crippen molar-refractivity contribution >= 4 is 22.8 Å². The first kappa shape index (κ1) is 17.8. The van der Waals surface area contributed by atoms with Crippen molar-refractivity contribution in [3.8, 4) is 0 Å². The Bertz CT molecular complexity index is 885. The van der Waals surface area contributed by atoms with Crippen LogP contribution in [0.5, 0.6) is 0 Å². The molecule has 2 fully saturated rings. The molecule has 1 N–H and O–H groups in total. The lowest BCUT2D eigenvalue weighted by Gasteiger charge is -2.24. The summed E-state index contributed by atoms with van der Waals surface area (Å²) in [7, 11) is 0. The summed E-state index contributed by atoms with van der Waals surface area (Å²) in [5.74, 6) is 0.883. The number of rotatable bonds is 4. The molecule has 0 radical (unpaired) electrons. The van der Waals surface area contributed by atoms with Gasteiger partial charge in [-0.05, 0) is 49.1 Å². The zero-order valence-corrected chi connectivity index (χ0v) is 15.9. The van der Waals surface area contributed by atoms with Crippen LogP contribution in [0, 0.1) is 11.8 Å². The Morgan fingerprint density at radius 3 is 2.00 bits per heavy atom. The zero-order chi connectivity index (χ0) is 18.1. The Balaban J connectivity index is 1.75. The van der Waals surface area contributed by atoms with E-state index >= 15 is 0 Å². The van der Waals surface area contributed by atoms with Crippen LogP contribution in [-0.4, -0.2) is 19.1 Å². The number of hydrogen-bond acceptors (Lipinski definition) is 3. The molecule has 2 aromatic heterocycles. The molecule has 2 aromatic rings. The van der Waals surface area contributed by atoms with Gasteiger partial charge < -0.3 is 4.98 Å². The lowest BCUT2D eigenvalue weighted by molar-refractivity contribution is 0.296. The second-order valence-electron chi connectivity index (χ2n) is 8.04. The van der Waals surface area contributed by atoms with E-state index in [1.807, 2.05) is 0 Å². The first-order valence-electron chi connectivity index (χ1n) is 10.0. The van der Waals surface area contributed by atoms with Crippen LogP contribution in [0.3, 0.4) is 0 Å². The molecule has 0 saturated heterocycles. The predicted molar refractivity (Wildman–Crippen MR) is 103 cm³/mol. The number of nitrogens with zero attached hydrogens (tertiary/aromatic N) is 3. The Labute approximate surface area is 157 Å². The third kappa shape index (κ3) is 3.48. The number of aromatic amines is 1. The van der Waals surface area contributed by atoms with Crippen molar-refractivity contribution in [3.63, 3.8) is 0 Å². The van der Waals surface area contributed by atoms with E-state index in [0.29, 0.717) is 36.1 Å². The summed E-state index contributed by atoms with van der Waals surface area (Å²) in [4.78, 5) is 33.2. The number of halogens is 1. The van der Waals surface area contributed by atoms with Gasteiger partial charge in [0, 0.05) is 13.1 Å². The van der Waals surface area contributed by atoms with Crippen molar-refractivity contribution < 1.29 is 0 Å². The summed E-state index contributed by atoms with van der Waals surface area (Å²) in [5, 5.41) is 0.171. The largest absolute Gasteiger partial charge is 0.332 e. The highest BCUT2D eigenvalue weighted by Gasteiger charge is 2.23. The molecule has 0 aliphatic heterocycles. The van der Waals surface area contributed by atoms with Crippen LogP contribution in [0.1, 0.15) is 64.2 Å². The van der Waals surface area contributed by atoms with Gasteiger partial charge in [0.2, 0.25) is 5.28 Å². The molecule has 142 valence electrons. The maximum atomic E-state index is 13.2. The molecule has 7 heteroatoms. The van der Waals surface area contributed by atoms with Crippen molar-refractivity contribution in [1.29, 1.82) is 0 Å². The monoisotopic (exact) mass is 378 g/mol. The molecule has 0 amide bonds. The number of nitrogens with one attached hydrogen (secondary N) is 1. The van der Waals surface area contributed by atoms with E-state index in [4.69, 9.17) is 11.6 Å². The fraction of sp³-hybridized carbons (Fsp3) is 0.737. The van der Waals surface area contributed by atoms with Gasteiger partial charge in [0.05, 0.1) is 0 Å². The zero-order valence-electron chi connectivity index (χ0n) is 15.2. The molecule has 2 aliphatic carbocycles. The highest BCUT2D eigenvalue weighted by Crippen LogP contribution is 2.26. The molecule has 4 rings (SSSR count). The van der Waals surface area contributed by atoms with Gasteiger partial charge >= 0.3 is 5.69 Å². The third-order valence-corrected chi connectivity index (χ3v) is 6.34. The van der Waals surface area contributed by atoms with E-state index in [1.54, 1.807) is 4.57 Å². The van der Waals surface area contributed by atoms with Crippen LogP contribution < -0.4 is 11.2 Å². The average molecular weight is 379 g/mol. The van der Waals surface area contributed by atoms with E-state index in [1.165, 1.54) is 43.1 Å². The van der Waals surface area contributed by atoms with E-state index in [9.17, 15) is 9.59 Å². The summed E-state index contributed by atoms with van der Waals surface area (Å²) in [5.41, 5.74) is 0.272. The normalized spacial score (nSPS) is 20.0. The van der Waals surface area contributed by atoms with Crippen molar-refractivity contribution in [1.82, 2.24) is 19.1 Å². The van der Waals surface area contributed by atoms with Gasteiger partial charge in [-0.3, -0.25) is 13.9 Å². The summed E-state index contributed by atoms with van der Waals surface area (Å²) >= 11 is 6.04. The Morgan fingerprint density at radius 2 is 1.42 bits per heavy atom. The number of fused-ring (bicyclic) bond motifs is 1. The Morgan fingerprint density at radius 1 is 0.885 bits per heavy atom. The number of H-pyrrole nitrogens is 1. The van der Waals surface area contributed by atoms with Gasteiger partial charge in [-0.15, -0.1) is 0 Å². The summed E-state index contributed by atoms with van der Waals surface area (Å²) in [6.45, 7) is 1.14. The molecular formula is C19H27ClN4O2. The van der Waals surface area contributed by atoms with Crippen LogP contribution in [-0.2, 0) is 13.1 Å². The molecule has 0 atom stereocenters. The maximum absolute atomic E-state index is 13.2. The van der Waals surface area contributed by atoms with Gasteiger partial charge in [0.25, 0.3) is 5.56 Å². The fourth-order valence-electron chi connectivity index (χ4n) is 4.72. The van der Waals surface area contributed by atoms with Gasteiger partial charge in [0.15, 0.2) is 11.2 Å². The standard InChI is InChI=1S/C19H27ClN4O2/c20-18-21-15-16(22-18)23(11-13-7-3-1-4-8-13)19(26)24(17(15)25)12-14-9-5-2-6-10-14/h13-14H,1-12H2,(H,21,22). The molecule has 0 spiro atoms. The number of imidazole rings is 1. The summed E-state index contributed by atoms with van der Waals surface area (Å²) in [6, 6.07) is 0. The number of hydrogen-bond donors (Lipinski definition) is 1. The topological polar surface area (TPSA) is 72.7 Å². The molecule has 2 aliphatic rings. The third-order valence-electron chi connectivity index (χ3n) is 6.16. The smallest absolute Gasteiger partial charge is 0.323 e. The minimum atomic E-state index is -0.283. The van der Waals surface area contributed by atoms with Crippen molar-refractivity contribution in [2.75, 3.05) is 0 Å². The second kappa shape index (κ2) is 7.59. The van der Waals surface area contributed by atoms with Crippen LogP contribution in [0.15, 0.2) is 9.59 Å². The lowest BCUT2D eigenvalue weighted by atomic mass is 9.89. The van der Waals surface area contributed by atoms with Gasteiger partial charge in [-0.1, -0.05) is 38.5 Å². The Kier molecular flexibility index (Phi) is 5.20. The van der Waals surface area contributed by atoms with Crippen LogP contribution in [0.4, 0.5) is 0 Å². The van der Waals surface area contributed by atoms with Crippen LogP contribution in [0.2, 0.25) is 5.28 Å². The molecule has 6 nitrogen and oxygen atoms in total. The maximum Gasteiger partial charge on any atom is 0.332 e. The van der Waals surface area contributed by atoms with E-state index in [2.05, 4.69) is 9.97 Å². The molecule has 2 saturated carbocycles. The summed E-state index contributed by atoms with van der Waals surface area (Å²) in [6.07, 6.45) is 11.8. The highest BCUT2D eigenvalue weighted by atomic mass is 35.5. The first-order valence-corrected chi connectivity index (χ1v) is 10.4. The van der Waals surface area contributed by atoms with Gasteiger partial charge in [-0.25, -0.2) is 4.79 Å². The quantitative estimate of drug-likeness (QED) is 0.824. The van der Waals surface area contributed by atoms with Crippen LogP contribution >= 0.6 is 11.6 Å². The average Bonchev–Trinajstić information content (AvgIpc) is 3.06. The van der Waals surface area contributed by atoms with Crippen molar-refractivity contribution in [2.45, 2.75) is 77.3 Å². The van der Waals surface area contributed by atoms with E-state index in [0.717, 1.165) is 25.7 Å². The fourth-order valence-corrected chi connectivity index (χ4v) is 4.89. The molecule has 2 heterocycles. The van der Waals surface area contributed by atoms with Crippen molar-refractivity contribution in [3.05, 3.63) is 26.1 Å². The van der Waals surface area contributed by atoms with Crippen LogP contribution in [0.25, 0.3) is 11.2 Å². The van der Waals surface area contributed by atoms with Gasteiger partial charge in [-0.2, -0.15) is 4.98 Å². The lowest BCUT2D eigenvalue weighted by Crippen LogP contribution is -2.42. The molecule has 0 bridgehead atoms. The highest BCUT2D eigenvalue weighted by molar-refractivity contribution is 6.28. The summed E-state index contributed by atoms with van der Waals surface area (Å²) < 4.78 is 3.12. The second-order valence-corrected chi connectivity index (χ2v) is 8.40. The first-order chi connectivity index (χ1) is 12.6.